The molecular formula is C14H16F2N2O2. The summed E-state index contributed by atoms with van der Waals surface area (Å²) in [6.45, 7) is 0.693. The molecule has 0 aromatic heterocycles. The average Bonchev–Trinajstić information content (AvgIpc) is 2.44. The van der Waals surface area contributed by atoms with Gasteiger partial charge in [-0.05, 0) is 6.42 Å². The molecule has 1 aliphatic heterocycles. The molecule has 6 heteroatoms. The minimum atomic E-state index is -3.18. The maximum absolute atomic E-state index is 14.2. The Hall–Kier alpha value is -1.98. The molecule has 1 atom stereocenters. The lowest BCUT2D eigenvalue weighted by molar-refractivity contribution is -0.152. The number of halogens is 2. The van der Waals surface area contributed by atoms with Crippen molar-refractivity contribution in [3.8, 4) is 0 Å². The van der Waals surface area contributed by atoms with Crippen molar-refractivity contribution in [3.05, 3.63) is 35.9 Å². The summed E-state index contributed by atoms with van der Waals surface area (Å²) < 4.78 is 28.5. The van der Waals surface area contributed by atoms with Gasteiger partial charge >= 0.3 is 0 Å². The highest BCUT2D eigenvalue weighted by atomic mass is 19.3. The number of hydrogen-bond acceptors (Lipinski definition) is 2. The van der Waals surface area contributed by atoms with E-state index in [1.165, 1.54) is 24.3 Å². The topological polar surface area (TPSA) is 49.4 Å². The first-order chi connectivity index (χ1) is 9.45. The number of carbonyl (C=O) groups excluding carboxylic acids is 2. The molecular weight excluding hydrogens is 266 g/mol. The van der Waals surface area contributed by atoms with Crippen molar-refractivity contribution in [2.75, 3.05) is 13.1 Å². The molecule has 0 radical (unpaired) electrons. The van der Waals surface area contributed by atoms with Crippen molar-refractivity contribution in [2.45, 2.75) is 25.3 Å². The lowest BCUT2D eigenvalue weighted by atomic mass is 10.0. The molecule has 1 N–H and O–H groups in total. The Morgan fingerprint density at radius 2 is 1.95 bits per heavy atom. The van der Waals surface area contributed by atoms with Crippen molar-refractivity contribution >= 4 is 11.8 Å². The predicted molar refractivity (Wildman–Crippen MR) is 69.1 cm³/mol. The molecule has 0 aliphatic carbocycles. The summed E-state index contributed by atoms with van der Waals surface area (Å²) >= 11 is 0. The van der Waals surface area contributed by atoms with Crippen LogP contribution in [0.15, 0.2) is 30.3 Å². The quantitative estimate of drug-likeness (QED) is 0.910. The molecule has 1 fully saturated rings. The minimum Gasteiger partial charge on any atom is -0.345 e. The predicted octanol–water partition coefficient (Wildman–Crippen LogP) is 1.52. The number of benzene rings is 1. The minimum absolute atomic E-state index is 0.159. The van der Waals surface area contributed by atoms with Crippen LogP contribution >= 0.6 is 0 Å². The summed E-state index contributed by atoms with van der Waals surface area (Å²) in [6.07, 6.45) is 0.308. The number of amides is 2. The smallest absolute Gasteiger partial charge is 0.290 e. The maximum Gasteiger partial charge on any atom is 0.290 e. The fourth-order valence-electron chi connectivity index (χ4n) is 2.29. The summed E-state index contributed by atoms with van der Waals surface area (Å²) in [5.74, 6) is -4.04. The molecule has 1 aliphatic rings. The van der Waals surface area contributed by atoms with E-state index in [1.807, 2.05) is 0 Å². The van der Waals surface area contributed by atoms with E-state index in [4.69, 9.17) is 0 Å². The average molecular weight is 282 g/mol. The number of hydrogen-bond donors (Lipinski definition) is 1. The maximum atomic E-state index is 14.2. The summed E-state index contributed by atoms with van der Waals surface area (Å²) in [6, 6.07) is 6.49. The first-order valence-electron chi connectivity index (χ1n) is 6.46. The van der Waals surface area contributed by atoms with Crippen LogP contribution in [-0.4, -0.2) is 35.8 Å². The van der Waals surface area contributed by atoms with Gasteiger partial charge in [-0.1, -0.05) is 37.3 Å². The third-order valence-corrected chi connectivity index (χ3v) is 3.36. The van der Waals surface area contributed by atoms with Crippen molar-refractivity contribution in [2.24, 2.45) is 0 Å². The van der Waals surface area contributed by atoms with Crippen LogP contribution in [0.3, 0.4) is 0 Å². The van der Waals surface area contributed by atoms with Crippen molar-refractivity contribution < 1.29 is 18.4 Å². The second-order valence-corrected chi connectivity index (χ2v) is 4.73. The molecule has 1 aromatic carbocycles. The van der Waals surface area contributed by atoms with Crippen molar-refractivity contribution in [1.82, 2.24) is 10.2 Å². The van der Waals surface area contributed by atoms with Gasteiger partial charge in [-0.3, -0.25) is 9.59 Å². The van der Waals surface area contributed by atoms with Gasteiger partial charge in [-0.25, -0.2) is 0 Å². The first kappa shape index (κ1) is 14.4. The molecule has 1 heterocycles. The number of nitrogens with zero attached hydrogens (tertiary/aromatic N) is 1. The summed E-state index contributed by atoms with van der Waals surface area (Å²) in [4.78, 5) is 24.4. The third-order valence-electron chi connectivity index (χ3n) is 3.36. The first-order valence-corrected chi connectivity index (χ1v) is 6.46. The van der Waals surface area contributed by atoms with Gasteiger partial charge in [0.05, 0.1) is 13.1 Å². The van der Waals surface area contributed by atoms with Crippen LogP contribution in [0.4, 0.5) is 8.78 Å². The molecule has 108 valence electrons. The van der Waals surface area contributed by atoms with E-state index in [9.17, 15) is 18.4 Å². The van der Waals surface area contributed by atoms with Crippen LogP contribution < -0.4 is 5.32 Å². The number of alkyl halides is 2. The number of piperazine rings is 1. The van der Waals surface area contributed by atoms with E-state index >= 15 is 0 Å². The van der Waals surface area contributed by atoms with E-state index in [0.717, 1.165) is 4.90 Å². The summed E-state index contributed by atoms with van der Waals surface area (Å²) in [5.41, 5.74) is -0.159. The Morgan fingerprint density at radius 3 is 2.55 bits per heavy atom. The lowest BCUT2D eigenvalue weighted by Gasteiger charge is -2.36. The van der Waals surface area contributed by atoms with Gasteiger partial charge in [-0.15, -0.1) is 0 Å². The van der Waals surface area contributed by atoms with Gasteiger partial charge in [0.1, 0.15) is 6.04 Å². The van der Waals surface area contributed by atoms with Crippen LogP contribution in [0.2, 0.25) is 0 Å². The SMILES string of the molecule is CCC1C(=O)NCC(=O)N1CC(F)(F)c1ccccc1. The monoisotopic (exact) mass is 282 g/mol. The van der Waals surface area contributed by atoms with Gasteiger partial charge in [0.15, 0.2) is 0 Å². The zero-order valence-corrected chi connectivity index (χ0v) is 11.1. The fourth-order valence-corrected chi connectivity index (χ4v) is 2.29. The molecule has 0 bridgehead atoms. The van der Waals surface area contributed by atoms with E-state index in [2.05, 4.69) is 5.32 Å². The molecule has 2 rings (SSSR count). The molecule has 0 spiro atoms. The van der Waals surface area contributed by atoms with Crippen molar-refractivity contribution in [3.63, 3.8) is 0 Å². The van der Waals surface area contributed by atoms with Crippen LogP contribution in [0, 0.1) is 0 Å². The highest BCUT2D eigenvalue weighted by Crippen LogP contribution is 2.30. The second kappa shape index (κ2) is 5.56. The van der Waals surface area contributed by atoms with Crippen LogP contribution in [0.5, 0.6) is 0 Å². The van der Waals surface area contributed by atoms with Gasteiger partial charge < -0.3 is 10.2 Å². The zero-order valence-electron chi connectivity index (χ0n) is 11.1. The highest BCUT2D eigenvalue weighted by Gasteiger charge is 2.41. The molecule has 2 amide bonds. The molecule has 4 nitrogen and oxygen atoms in total. The Kier molecular flexibility index (Phi) is 4.01. The van der Waals surface area contributed by atoms with E-state index in [1.54, 1.807) is 13.0 Å². The van der Waals surface area contributed by atoms with Gasteiger partial charge in [-0.2, -0.15) is 8.78 Å². The van der Waals surface area contributed by atoms with Crippen LogP contribution in [-0.2, 0) is 15.5 Å². The van der Waals surface area contributed by atoms with Crippen LogP contribution in [0.1, 0.15) is 18.9 Å². The Balaban J connectivity index is 2.22. The fraction of sp³-hybridized carbons (Fsp3) is 0.429. The third kappa shape index (κ3) is 2.79. The Bertz CT molecular complexity index is 505. The second-order valence-electron chi connectivity index (χ2n) is 4.73. The van der Waals surface area contributed by atoms with E-state index in [-0.39, 0.29) is 18.0 Å². The Labute approximate surface area is 115 Å². The Morgan fingerprint density at radius 1 is 1.30 bits per heavy atom. The van der Waals surface area contributed by atoms with Gasteiger partial charge in [0.25, 0.3) is 5.92 Å². The highest BCUT2D eigenvalue weighted by molar-refractivity contribution is 5.94. The molecule has 1 unspecified atom stereocenters. The van der Waals surface area contributed by atoms with Crippen molar-refractivity contribution in [1.29, 1.82) is 0 Å². The summed E-state index contributed by atoms with van der Waals surface area (Å²) in [7, 11) is 0. The molecule has 1 aromatic rings. The molecule has 0 saturated carbocycles. The standard InChI is InChI=1S/C14H16F2N2O2/c1-2-11-13(20)17-8-12(19)18(11)9-14(15,16)10-6-4-3-5-7-10/h3-7,11H,2,8-9H2,1H3,(H,17,20). The largest absolute Gasteiger partial charge is 0.345 e. The van der Waals surface area contributed by atoms with E-state index in [0.29, 0.717) is 6.42 Å². The van der Waals surface area contributed by atoms with Gasteiger partial charge in [0.2, 0.25) is 11.8 Å². The number of carbonyl (C=O) groups is 2. The van der Waals surface area contributed by atoms with Gasteiger partial charge in [0, 0.05) is 5.56 Å². The number of rotatable bonds is 4. The summed E-state index contributed by atoms with van der Waals surface area (Å²) in [5, 5.41) is 2.41. The molecule has 1 saturated heterocycles. The van der Waals surface area contributed by atoms with Crippen LogP contribution in [0.25, 0.3) is 0 Å². The zero-order chi connectivity index (χ0) is 14.8. The number of nitrogens with one attached hydrogen (secondary N) is 1. The lowest BCUT2D eigenvalue weighted by Crippen LogP contribution is -2.60. The molecule has 20 heavy (non-hydrogen) atoms. The normalized spacial score (nSPS) is 19.9. The van der Waals surface area contributed by atoms with E-state index < -0.39 is 24.4 Å².